The summed E-state index contributed by atoms with van der Waals surface area (Å²) in [6.07, 6.45) is -0.656. The fraction of sp³-hybridized carbons (Fsp3) is 0.261. The first kappa shape index (κ1) is 30.1. The monoisotopic (exact) mass is 636 g/mol. The van der Waals surface area contributed by atoms with Crippen LogP contribution in [0.4, 0.5) is 35.1 Å². The molecule has 0 aliphatic carbocycles. The molecular weight excluding hydrogens is 620 g/mol. The number of benzene rings is 1. The van der Waals surface area contributed by atoms with Gasteiger partial charge >= 0.3 is 19.3 Å². The summed E-state index contributed by atoms with van der Waals surface area (Å²) in [5.74, 6) is -0.976. The first-order valence-corrected chi connectivity index (χ1v) is 12.4. The van der Waals surface area contributed by atoms with Gasteiger partial charge in [-0.25, -0.2) is 18.8 Å². The predicted octanol–water partition coefficient (Wildman–Crippen LogP) is 4.80. The molecule has 1 atom stereocenters. The number of rotatable bonds is 10. The second-order valence-electron chi connectivity index (χ2n) is 8.73. The highest BCUT2D eigenvalue weighted by atomic mass is 35.5. The first-order valence-electron chi connectivity index (χ1n) is 12.0. The highest BCUT2D eigenvalue weighted by Gasteiger charge is 2.35. The largest absolute Gasteiger partial charge is 0.436 e. The molecule has 5 rings (SSSR count). The fourth-order valence-corrected chi connectivity index (χ4v) is 4.31. The van der Waals surface area contributed by atoms with Gasteiger partial charge in [0.05, 0.1) is 41.4 Å². The van der Waals surface area contributed by atoms with Crippen molar-refractivity contribution < 1.29 is 39.9 Å². The molecule has 11 nitrogen and oxygen atoms in total. The van der Waals surface area contributed by atoms with E-state index in [1.807, 2.05) is 0 Å². The van der Waals surface area contributed by atoms with Crippen LogP contribution in [0.25, 0.3) is 22.5 Å². The number of nitrogens with one attached hydrogen (secondary N) is 2. The summed E-state index contributed by atoms with van der Waals surface area (Å²) < 4.78 is 113. The molecule has 0 spiro atoms. The third-order valence-electron chi connectivity index (χ3n) is 6.10. The Kier molecular flexibility index (Phi) is 8.47. The van der Waals surface area contributed by atoms with Gasteiger partial charge < -0.3 is 10.2 Å². The SMILES string of the molecule is Fc1c(Cl)ccc(-n2cc(C(F)(F)F)nn2)c1-c1ccc([C@@H](CCOC(F)F)n2cc(C3=CNNN3C(F)F)nn2)nc1. The Morgan fingerprint density at radius 2 is 1.79 bits per heavy atom. The zero-order chi connectivity index (χ0) is 30.9. The third kappa shape index (κ3) is 6.37. The van der Waals surface area contributed by atoms with Gasteiger partial charge in [-0.15, -0.1) is 15.7 Å². The van der Waals surface area contributed by atoms with E-state index in [0.29, 0.717) is 11.2 Å². The molecule has 0 saturated heterocycles. The van der Waals surface area contributed by atoms with E-state index >= 15 is 4.39 Å². The molecule has 20 heteroatoms. The second-order valence-corrected chi connectivity index (χ2v) is 9.13. The molecule has 4 aromatic rings. The van der Waals surface area contributed by atoms with Crippen molar-refractivity contribution in [1.29, 1.82) is 0 Å². The van der Waals surface area contributed by atoms with E-state index in [1.54, 1.807) is 0 Å². The summed E-state index contributed by atoms with van der Waals surface area (Å²) in [6.45, 7) is -6.47. The molecular formula is C23H17ClF8N10O. The van der Waals surface area contributed by atoms with Crippen molar-refractivity contribution in [3.05, 3.63) is 77.0 Å². The first-order chi connectivity index (χ1) is 20.4. The van der Waals surface area contributed by atoms with Crippen molar-refractivity contribution in [3.8, 4) is 16.8 Å². The highest BCUT2D eigenvalue weighted by Crippen LogP contribution is 2.35. The lowest BCUT2D eigenvalue weighted by Crippen LogP contribution is -2.40. The lowest BCUT2D eigenvalue weighted by molar-refractivity contribution is -0.141. The Bertz CT molecular complexity index is 1610. The molecule has 0 amide bonds. The number of hydrogen-bond donors (Lipinski definition) is 2. The zero-order valence-electron chi connectivity index (χ0n) is 21.2. The number of hydrazine groups is 2. The van der Waals surface area contributed by atoms with E-state index in [1.165, 1.54) is 41.5 Å². The smallest absolute Gasteiger partial charge is 0.323 e. The summed E-state index contributed by atoms with van der Waals surface area (Å²) in [5, 5.41) is 14.5. The molecule has 0 bridgehead atoms. The second kappa shape index (κ2) is 12.1. The highest BCUT2D eigenvalue weighted by molar-refractivity contribution is 6.31. The van der Waals surface area contributed by atoms with Crippen LogP contribution in [0.1, 0.15) is 29.5 Å². The van der Waals surface area contributed by atoms with Gasteiger partial charge in [-0.1, -0.05) is 28.1 Å². The summed E-state index contributed by atoms with van der Waals surface area (Å²) >= 11 is 5.95. The lowest BCUT2D eigenvalue weighted by Gasteiger charge is -2.19. The van der Waals surface area contributed by atoms with E-state index in [0.717, 1.165) is 10.7 Å². The lowest BCUT2D eigenvalue weighted by atomic mass is 10.0. The molecule has 1 aromatic carbocycles. The number of nitrogens with zero attached hydrogens (tertiary/aromatic N) is 8. The molecule has 3 aromatic heterocycles. The van der Waals surface area contributed by atoms with Crippen molar-refractivity contribution in [2.24, 2.45) is 0 Å². The minimum Gasteiger partial charge on any atom is -0.323 e. The summed E-state index contributed by atoms with van der Waals surface area (Å²) in [4.78, 5) is 4.29. The summed E-state index contributed by atoms with van der Waals surface area (Å²) in [7, 11) is 0. The van der Waals surface area contributed by atoms with Crippen molar-refractivity contribution in [2.75, 3.05) is 6.61 Å². The normalized spacial score (nSPS) is 14.5. The molecule has 0 radical (unpaired) electrons. The number of ether oxygens (including phenoxy) is 1. The van der Waals surface area contributed by atoms with Gasteiger partial charge in [0.1, 0.15) is 11.4 Å². The number of alkyl halides is 7. The molecule has 0 saturated carbocycles. The van der Waals surface area contributed by atoms with Gasteiger partial charge in [0.2, 0.25) is 0 Å². The van der Waals surface area contributed by atoms with Crippen molar-refractivity contribution in [2.45, 2.75) is 31.8 Å². The number of aromatic nitrogens is 7. The molecule has 0 fully saturated rings. The van der Waals surface area contributed by atoms with Gasteiger partial charge in [0.25, 0.3) is 0 Å². The fourth-order valence-electron chi connectivity index (χ4n) is 4.15. The molecule has 1 aliphatic rings. The van der Waals surface area contributed by atoms with Gasteiger partial charge in [-0.2, -0.15) is 30.7 Å². The van der Waals surface area contributed by atoms with Crippen LogP contribution in [-0.2, 0) is 10.9 Å². The standard InChI is InChI=1S/C23H17ClF8N10O/c24-12-2-4-16(41-10-18(36-39-41)23(30,31)32)19(20(12)25)11-1-3-13(33-7-11)15(5-6-43-22(28)29)40-9-14(35-38-40)17-8-34-37-42(17)21(26)27/h1-4,7-10,15,21-22,34,37H,5-6H2/t15-/m1/s1. The van der Waals surface area contributed by atoms with Crippen molar-refractivity contribution in [1.82, 2.24) is 50.9 Å². The maximum Gasteiger partial charge on any atom is 0.436 e. The quantitative estimate of drug-likeness (QED) is 0.187. The molecule has 228 valence electrons. The van der Waals surface area contributed by atoms with E-state index < -0.39 is 43.5 Å². The third-order valence-corrected chi connectivity index (χ3v) is 6.39. The van der Waals surface area contributed by atoms with Crippen LogP contribution >= 0.6 is 11.6 Å². The summed E-state index contributed by atoms with van der Waals surface area (Å²) in [5.41, 5.74) is 3.17. The molecule has 0 unspecified atom stereocenters. The van der Waals surface area contributed by atoms with Gasteiger partial charge in [0.15, 0.2) is 11.5 Å². The van der Waals surface area contributed by atoms with Gasteiger partial charge in [-0.05, 0) is 24.6 Å². The molecule has 2 N–H and O–H groups in total. The van der Waals surface area contributed by atoms with Crippen LogP contribution in [0, 0.1) is 5.82 Å². The van der Waals surface area contributed by atoms with Crippen molar-refractivity contribution >= 4 is 17.3 Å². The summed E-state index contributed by atoms with van der Waals surface area (Å²) in [6, 6.07) is 4.22. The van der Waals surface area contributed by atoms with Crippen LogP contribution in [0.3, 0.4) is 0 Å². The molecule has 1 aliphatic heterocycles. The number of hydrogen-bond acceptors (Lipinski definition) is 9. The molecule has 4 heterocycles. The Morgan fingerprint density at radius 1 is 1.00 bits per heavy atom. The Balaban J connectivity index is 1.49. The van der Waals surface area contributed by atoms with Crippen LogP contribution in [0.2, 0.25) is 5.02 Å². The van der Waals surface area contributed by atoms with Crippen LogP contribution in [0.15, 0.2) is 49.1 Å². The Hall–Kier alpha value is -4.36. The predicted molar refractivity (Wildman–Crippen MR) is 131 cm³/mol. The van der Waals surface area contributed by atoms with Gasteiger partial charge in [-0.3, -0.25) is 4.98 Å². The number of pyridine rings is 1. The van der Waals surface area contributed by atoms with E-state index in [9.17, 15) is 30.7 Å². The topological polar surface area (TPSA) is 111 Å². The van der Waals surface area contributed by atoms with Crippen LogP contribution in [-0.4, -0.2) is 59.7 Å². The van der Waals surface area contributed by atoms with E-state index in [2.05, 4.69) is 41.3 Å². The number of halogens is 9. The zero-order valence-corrected chi connectivity index (χ0v) is 21.9. The Morgan fingerprint density at radius 3 is 2.44 bits per heavy atom. The van der Waals surface area contributed by atoms with Gasteiger partial charge in [0, 0.05) is 23.5 Å². The van der Waals surface area contributed by atoms with Crippen LogP contribution < -0.4 is 11.0 Å². The van der Waals surface area contributed by atoms with E-state index in [-0.39, 0.29) is 45.3 Å². The minimum atomic E-state index is -4.80. The van der Waals surface area contributed by atoms with Crippen LogP contribution in [0.5, 0.6) is 0 Å². The van der Waals surface area contributed by atoms with E-state index in [4.69, 9.17) is 11.6 Å². The van der Waals surface area contributed by atoms with Crippen molar-refractivity contribution in [3.63, 3.8) is 0 Å². The Labute approximate surface area is 240 Å². The maximum atomic E-state index is 15.3. The average Bonchev–Trinajstić information content (AvgIpc) is 3.73. The maximum absolute atomic E-state index is 15.3. The minimum absolute atomic E-state index is 0.00546. The average molecular weight is 637 g/mol. The molecule has 43 heavy (non-hydrogen) atoms.